The highest BCUT2D eigenvalue weighted by molar-refractivity contribution is 6.34. The molecule has 35 heavy (non-hydrogen) atoms. The van der Waals surface area contributed by atoms with E-state index >= 15 is 0 Å². The second kappa shape index (κ2) is 10.3. The quantitative estimate of drug-likeness (QED) is 0.484. The van der Waals surface area contributed by atoms with Crippen LogP contribution < -0.4 is 14.8 Å². The van der Waals surface area contributed by atoms with Gasteiger partial charge >= 0.3 is 0 Å². The Morgan fingerprint density at radius 3 is 2.60 bits per heavy atom. The number of hydrogen-bond donors (Lipinski definition) is 2. The Bertz CT molecular complexity index is 1260. The number of benzene rings is 2. The molecule has 2 aromatic carbocycles. The lowest BCUT2D eigenvalue weighted by Gasteiger charge is -2.31. The zero-order valence-electron chi connectivity index (χ0n) is 19.1. The standard InChI is InChI=1S/C24H24ClFN4O5/c1-14(13-31)34-16-8-15(23(32)27-22-4-7-29(2)28-22)9-17(10-16)35-21-12-19(25)18(11-20(21)26)24(33)30-5-3-6-30/h4,7-12,14,31H,3,5-6,13H2,1-2H3,(H,27,28,32)/t14-/m0/s1. The van der Waals surface area contributed by atoms with Crippen molar-refractivity contribution in [2.75, 3.05) is 25.0 Å². The highest BCUT2D eigenvalue weighted by Crippen LogP contribution is 2.33. The summed E-state index contributed by atoms with van der Waals surface area (Å²) in [5.74, 6) is -1.18. The number of rotatable bonds is 8. The van der Waals surface area contributed by atoms with Crippen LogP contribution in [0.15, 0.2) is 42.6 Å². The number of aromatic nitrogens is 2. The predicted molar refractivity (Wildman–Crippen MR) is 127 cm³/mol. The Morgan fingerprint density at radius 1 is 1.23 bits per heavy atom. The van der Waals surface area contributed by atoms with Crippen LogP contribution in [-0.2, 0) is 7.05 Å². The van der Waals surface area contributed by atoms with Gasteiger partial charge in [-0.1, -0.05) is 11.6 Å². The second-order valence-electron chi connectivity index (χ2n) is 8.14. The number of carbonyl (C=O) groups is 2. The molecule has 184 valence electrons. The number of aryl methyl sites for hydroxylation is 1. The second-order valence-corrected chi connectivity index (χ2v) is 8.55. The summed E-state index contributed by atoms with van der Waals surface area (Å²) < 4.78 is 27.7. The first-order valence-corrected chi connectivity index (χ1v) is 11.3. The summed E-state index contributed by atoms with van der Waals surface area (Å²) in [5.41, 5.74) is 0.213. The van der Waals surface area contributed by atoms with Gasteiger partial charge in [-0.05, 0) is 31.5 Å². The van der Waals surface area contributed by atoms with Gasteiger partial charge in [0.15, 0.2) is 17.4 Å². The average molecular weight is 503 g/mol. The van der Waals surface area contributed by atoms with Crippen molar-refractivity contribution in [3.8, 4) is 17.2 Å². The first-order valence-electron chi connectivity index (χ1n) is 10.9. The van der Waals surface area contributed by atoms with E-state index in [-0.39, 0.29) is 45.9 Å². The van der Waals surface area contributed by atoms with Gasteiger partial charge in [0.25, 0.3) is 11.8 Å². The van der Waals surface area contributed by atoms with Crippen molar-refractivity contribution in [1.82, 2.24) is 14.7 Å². The third-order valence-electron chi connectivity index (χ3n) is 5.31. The third kappa shape index (κ3) is 5.72. The van der Waals surface area contributed by atoms with Crippen LogP contribution in [0.5, 0.6) is 17.2 Å². The Kier molecular flexibility index (Phi) is 7.23. The topological polar surface area (TPSA) is 106 Å². The molecular weight excluding hydrogens is 479 g/mol. The van der Waals surface area contributed by atoms with Crippen LogP contribution in [0.3, 0.4) is 0 Å². The fourth-order valence-electron chi connectivity index (χ4n) is 3.36. The minimum absolute atomic E-state index is 0.0488. The molecule has 1 aliphatic heterocycles. The molecule has 3 aromatic rings. The molecule has 0 spiro atoms. The number of amides is 2. The van der Waals surface area contributed by atoms with Gasteiger partial charge in [-0.2, -0.15) is 5.10 Å². The molecular formula is C24H24ClFN4O5. The minimum Gasteiger partial charge on any atom is -0.488 e. The van der Waals surface area contributed by atoms with Gasteiger partial charge in [0.05, 0.1) is 17.2 Å². The highest BCUT2D eigenvalue weighted by Gasteiger charge is 2.25. The van der Waals surface area contributed by atoms with E-state index in [2.05, 4.69) is 10.4 Å². The molecule has 4 rings (SSSR count). The number of aliphatic hydroxyl groups is 1. The molecule has 11 heteroatoms. The Labute approximate surface area is 206 Å². The van der Waals surface area contributed by atoms with Crippen molar-refractivity contribution in [2.45, 2.75) is 19.4 Å². The summed E-state index contributed by atoms with van der Waals surface area (Å²) in [6.45, 7) is 2.61. The largest absolute Gasteiger partial charge is 0.488 e. The number of anilines is 1. The van der Waals surface area contributed by atoms with E-state index in [1.807, 2.05) is 0 Å². The van der Waals surface area contributed by atoms with Crippen molar-refractivity contribution >= 4 is 29.2 Å². The Hall–Kier alpha value is -3.63. The number of nitrogens with zero attached hydrogens (tertiary/aromatic N) is 3. The number of nitrogens with one attached hydrogen (secondary N) is 1. The molecule has 0 radical (unpaired) electrons. The maximum atomic E-state index is 14.9. The molecule has 0 unspecified atom stereocenters. The fraction of sp³-hybridized carbons (Fsp3) is 0.292. The summed E-state index contributed by atoms with van der Waals surface area (Å²) in [6, 6.07) is 8.22. The molecule has 1 saturated heterocycles. The van der Waals surface area contributed by atoms with Crippen LogP contribution in [-0.4, -0.2) is 57.4 Å². The fourth-order valence-corrected chi connectivity index (χ4v) is 3.59. The molecule has 2 heterocycles. The number of aliphatic hydroxyl groups excluding tert-OH is 1. The van der Waals surface area contributed by atoms with E-state index in [0.29, 0.717) is 18.9 Å². The van der Waals surface area contributed by atoms with E-state index in [0.717, 1.165) is 12.5 Å². The monoisotopic (exact) mass is 502 g/mol. The van der Waals surface area contributed by atoms with Crippen molar-refractivity contribution in [3.05, 3.63) is 64.6 Å². The van der Waals surface area contributed by atoms with Gasteiger partial charge in [0, 0.05) is 50.1 Å². The van der Waals surface area contributed by atoms with Gasteiger partial charge in [-0.25, -0.2) is 4.39 Å². The van der Waals surface area contributed by atoms with Crippen LogP contribution in [0.2, 0.25) is 5.02 Å². The van der Waals surface area contributed by atoms with Crippen LogP contribution in [0.4, 0.5) is 10.2 Å². The number of hydrogen-bond acceptors (Lipinski definition) is 6. The van der Waals surface area contributed by atoms with Crippen molar-refractivity contribution in [2.24, 2.45) is 7.05 Å². The van der Waals surface area contributed by atoms with Crippen LogP contribution in [0.1, 0.15) is 34.1 Å². The summed E-state index contributed by atoms with van der Waals surface area (Å²) in [4.78, 5) is 26.9. The van der Waals surface area contributed by atoms with Crippen LogP contribution in [0, 0.1) is 5.82 Å². The predicted octanol–water partition coefficient (Wildman–Crippen LogP) is 3.86. The lowest BCUT2D eigenvalue weighted by atomic mass is 10.1. The zero-order valence-corrected chi connectivity index (χ0v) is 19.9. The van der Waals surface area contributed by atoms with Crippen LogP contribution >= 0.6 is 11.6 Å². The maximum absolute atomic E-state index is 14.9. The number of halogens is 2. The molecule has 1 fully saturated rings. The van der Waals surface area contributed by atoms with Crippen molar-refractivity contribution in [3.63, 3.8) is 0 Å². The minimum atomic E-state index is -0.784. The van der Waals surface area contributed by atoms with Crippen molar-refractivity contribution in [1.29, 1.82) is 0 Å². The molecule has 1 atom stereocenters. The van der Waals surface area contributed by atoms with Gasteiger partial charge in [-0.15, -0.1) is 0 Å². The summed E-state index contributed by atoms with van der Waals surface area (Å²) in [6.07, 6.45) is 2.02. The summed E-state index contributed by atoms with van der Waals surface area (Å²) in [7, 11) is 1.72. The van der Waals surface area contributed by atoms with E-state index in [9.17, 15) is 19.1 Å². The average Bonchev–Trinajstić information content (AvgIpc) is 3.18. The van der Waals surface area contributed by atoms with Gasteiger partial charge < -0.3 is 24.8 Å². The first kappa shape index (κ1) is 24.5. The number of carbonyl (C=O) groups excluding carboxylic acids is 2. The molecule has 0 bridgehead atoms. The normalized spacial score (nSPS) is 13.7. The summed E-state index contributed by atoms with van der Waals surface area (Å²) >= 11 is 6.26. The first-order chi connectivity index (χ1) is 16.7. The van der Waals surface area contributed by atoms with Gasteiger partial charge in [0.1, 0.15) is 17.6 Å². The molecule has 2 amide bonds. The molecule has 0 saturated carbocycles. The van der Waals surface area contributed by atoms with Crippen LogP contribution in [0.25, 0.3) is 0 Å². The molecule has 1 aromatic heterocycles. The lowest BCUT2D eigenvalue weighted by molar-refractivity contribution is 0.0651. The summed E-state index contributed by atoms with van der Waals surface area (Å²) in [5, 5.41) is 16.2. The lowest BCUT2D eigenvalue weighted by Crippen LogP contribution is -2.42. The van der Waals surface area contributed by atoms with E-state index < -0.39 is 17.8 Å². The maximum Gasteiger partial charge on any atom is 0.257 e. The zero-order chi connectivity index (χ0) is 25.1. The SMILES string of the molecule is C[C@@H](CO)Oc1cc(Oc2cc(Cl)c(C(=O)N3CCC3)cc2F)cc(C(=O)Nc2ccn(C)n2)c1. The Morgan fingerprint density at radius 2 is 1.97 bits per heavy atom. The van der Waals surface area contributed by atoms with Crippen molar-refractivity contribution < 1.29 is 28.6 Å². The molecule has 1 aliphatic rings. The van der Waals surface area contributed by atoms with Gasteiger partial charge in [-0.3, -0.25) is 14.3 Å². The number of ether oxygens (including phenoxy) is 2. The third-order valence-corrected chi connectivity index (χ3v) is 5.63. The molecule has 9 nitrogen and oxygen atoms in total. The molecule has 0 aliphatic carbocycles. The highest BCUT2D eigenvalue weighted by atomic mass is 35.5. The van der Waals surface area contributed by atoms with E-state index in [4.69, 9.17) is 21.1 Å². The Balaban J connectivity index is 1.62. The van der Waals surface area contributed by atoms with E-state index in [1.54, 1.807) is 31.1 Å². The van der Waals surface area contributed by atoms with Gasteiger partial charge in [0.2, 0.25) is 0 Å². The number of likely N-dealkylation sites (tertiary alicyclic amines) is 1. The smallest absolute Gasteiger partial charge is 0.257 e. The van der Waals surface area contributed by atoms with E-state index in [1.165, 1.54) is 28.9 Å². The molecule has 2 N–H and O–H groups in total.